The zero-order chi connectivity index (χ0) is 18.0. The monoisotopic (exact) mass is 395 g/mol. The van der Waals surface area contributed by atoms with Crippen molar-refractivity contribution in [3.05, 3.63) is 18.7 Å². The van der Waals surface area contributed by atoms with Gasteiger partial charge in [-0.05, 0) is 25.7 Å². The number of sulfone groups is 1. The smallest absolute Gasteiger partial charge is 0.185 e. The minimum atomic E-state index is -2.83. The maximum atomic E-state index is 11.5. The molecule has 7 nitrogen and oxygen atoms in total. The third-order valence-electron chi connectivity index (χ3n) is 5.10. The molecule has 142 valence electrons. The Morgan fingerprint density at radius 2 is 2.08 bits per heavy atom. The van der Waals surface area contributed by atoms with Gasteiger partial charge in [-0.1, -0.05) is 11.3 Å². The summed E-state index contributed by atoms with van der Waals surface area (Å²) >= 11 is 1.72. The SMILES string of the molecule is O=S1(=O)CCC(NCCn2cncc2-c2cnc(N3CCCCC3)s2)C1. The third-order valence-corrected chi connectivity index (χ3v) is 7.95. The zero-order valence-corrected chi connectivity index (χ0v) is 16.4. The predicted octanol–water partition coefficient (Wildman–Crippen LogP) is 1.77. The van der Waals surface area contributed by atoms with Crippen molar-refractivity contribution in [2.75, 3.05) is 36.0 Å². The van der Waals surface area contributed by atoms with Crippen LogP contribution in [0.1, 0.15) is 25.7 Å². The summed E-state index contributed by atoms with van der Waals surface area (Å²) in [5, 5.41) is 4.46. The summed E-state index contributed by atoms with van der Waals surface area (Å²) < 4.78 is 25.2. The molecule has 0 saturated carbocycles. The lowest BCUT2D eigenvalue weighted by Gasteiger charge is -2.25. The van der Waals surface area contributed by atoms with Gasteiger partial charge in [0.1, 0.15) is 0 Å². The summed E-state index contributed by atoms with van der Waals surface area (Å²) in [7, 11) is -2.83. The molecule has 4 rings (SSSR count). The first-order chi connectivity index (χ1) is 12.6. The van der Waals surface area contributed by atoms with Gasteiger partial charge in [-0.25, -0.2) is 18.4 Å². The van der Waals surface area contributed by atoms with Crippen LogP contribution in [0.3, 0.4) is 0 Å². The molecule has 1 atom stereocenters. The van der Waals surface area contributed by atoms with Crippen LogP contribution in [0.2, 0.25) is 0 Å². The molecule has 2 fully saturated rings. The molecule has 4 heterocycles. The fourth-order valence-electron chi connectivity index (χ4n) is 3.66. The molecule has 0 aliphatic carbocycles. The number of nitrogens with zero attached hydrogens (tertiary/aromatic N) is 4. The Bertz CT molecular complexity index is 839. The van der Waals surface area contributed by atoms with E-state index >= 15 is 0 Å². The van der Waals surface area contributed by atoms with E-state index in [4.69, 9.17) is 0 Å². The maximum absolute atomic E-state index is 11.5. The molecule has 0 bridgehead atoms. The number of thiazole rings is 1. The molecule has 0 aromatic carbocycles. The Morgan fingerprint density at radius 1 is 1.23 bits per heavy atom. The molecule has 26 heavy (non-hydrogen) atoms. The molecule has 0 radical (unpaired) electrons. The number of hydrogen-bond acceptors (Lipinski definition) is 7. The van der Waals surface area contributed by atoms with Crippen LogP contribution in [-0.2, 0) is 16.4 Å². The number of piperidine rings is 1. The number of nitrogens with one attached hydrogen (secondary N) is 1. The minimum absolute atomic E-state index is 0.0843. The molecule has 2 aromatic rings. The highest BCUT2D eigenvalue weighted by atomic mass is 32.2. The first-order valence-corrected chi connectivity index (χ1v) is 11.9. The van der Waals surface area contributed by atoms with E-state index in [1.54, 1.807) is 11.3 Å². The van der Waals surface area contributed by atoms with Crippen molar-refractivity contribution in [3.8, 4) is 10.6 Å². The van der Waals surface area contributed by atoms with E-state index in [-0.39, 0.29) is 11.8 Å². The van der Waals surface area contributed by atoms with Gasteiger partial charge >= 0.3 is 0 Å². The van der Waals surface area contributed by atoms with E-state index in [9.17, 15) is 8.42 Å². The van der Waals surface area contributed by atoms with Crippen LogP contribution in [0.4, 0.5) is 5.13 Å². The molecular weight excluding hydrogens is 370 g/mol. The molecule has 1 N–H and O–H groups in total. The van der Waals surface area contributed by atoms with Gasteiger partial charge in [0, 0.05) is 38.4 Å². The summed E-state index contributed by atoms with van der Waals surface area (Å²) in [5.74, 6) is 0.568. The first-order valence-electron chi connectivity index (χ1n) is 9.26. The van der Waals surface area contributed by atoms with Gasteiger partial charge in [0.15, 0.2) is 15.0 Å². The van der Waals surface area contributed by atoms with E-state index < -0.39 is 9.84 Å². The van der Waals surface area contributed by atoms with Crippen molar-refractivity contribution >= 4 is 26.3 Å². The van der Waals surface area contributed by atoms with Crippen molar-refractivity contribution < 1.29 is 8.42 Å². The minimum Gasteiger partial charge on any atom is -0.348 e. The standard InChI is InChI=1S/C17H25N5O2S2/c23-26(24)9-4-14(12-26)19-5-8-22-13-18-10-15(22)16-11-20-17(25-16)21-6-2-1-3-7-21/h10-11,13-14,19H,1-9,12H2. The molecule has 0 spiro atoms. The first kappa shape index (κ1) is 17.9. The van der Waals surface area contributed by atoms with Gasteiger partial charge in [0.25, 0.3) is 0 Å². The van der Waals surface area contributed by atoms with Crippen LogP contribution in [0, 0.1) is 0 Å². The van der Waals surface area contributed by atoms with Crippen LogP contribution < -0.4 is 10.2 Å². The quantitative estimate of drug-likeness (QED) is 0.803. The van der Waals surface area contributed by atoms with Crippen LogP contribution in [0.15, 0.2) is 18.7 Å². The summed E-state index contributed by atoms with van der Waals surface area (Å²) in [6.07, 6.45) is 10.2. The molecule has 2 aliphatic heterocycles. The number of aromatic nitrogens is 3. The highest BCUT2D eigenvalue weighted by Crippen LogP contribution is 2.32. The van der Waals surface area contributed by atoms with E-state index in [2.05, 4.69) is 24.8 Å². The topological polar surface area (TPSA) is 80.1 Å². The van der Waals surface area contributed by atoms with E-state index in [1.807, 2.05) is 18.7 Å². The normalized spacial score (nSPS) is 22.8. The second-order valence-electron chi connectivity index (χ2n) is 7.08. The molecule has 2 saturated heterocycles. The van der Waals surface area contributed by atoms with Crippen molar-refractivity contribution in [2.45, 2.75) is 38.3 Å². The van der Waals surface area contributed by atoms with Gasteiger partial charge < -0.3 is 14.8 Å². The van der Waals surface area contributed by atoms with Crippen molar-refractivity contribution in [2.24, 2.45) is 0 Å². The average molecular weight is 396 g/mol. The Morgan fingerprint density at radius 3 is 2.85 bits per heavy atom. The Kier molecular flexibility index (Phi) is 5.28. The molecule has 1 unspecified atom stereocenters. The second-order valence-corrected chi connectivity index (χ2v) is 10.3. The Hall–Kier alpha value is -1.45. The summed E-state index contributed by atoms with van der Waals surface area (Å²) in [5.41, 5.74) is 1.08. The molecular formula is C17H25N5O2S2. The lowest BCUT2D eigenvalue weighted by molar-refractivity contribution is 0.521. The number of hydrogen-bond donors (Lipinski definition) is 1. The molecule has 9 heteroatoms. The Labute approximate surface area is 158 Å². The van der Waals surface area contributed by atoms with Gasteiger partial charge in [0.2, 0.25) is 0 Å². The zero-order valence-electron chi connectivity index (χ0n) is 14.8. The largest absolute Gasteiger partial charge is 0.348 e. The van der Waals surface area contributed by atoms with Crippen molar-refractivity contribution in [1.82, 2.24) is 19.9 Å². The summed E-state index contributed by atoms with van der Waals surface area (Å²) in [6, 6.07) is 0.0843. The fourth-order valence-corrected chi connectivity index (χ4v) is 6.37. The van der Waals surface area contributed by atoms with Gasteiger partial charge in [-0.3, -0.25) is 0 Å². The molecule has 0 amide bonds. The van der Waals surface area contributed by atoms with Crippen molar-refractivity contribution in [3.63, 3.8) is 0 Å². The lowest BCUT2D eigenvalue weighted by atomic mass is 10.1. The van der Waals surface area contributed by atoms with Crippen LogP contribution >= 0.6 is 11.3 Å². The maximum Gasteiger partial charge on any atom is 0.185 e. The number of anilines is 1. The summed E-state index contributed by atoms with van der Waals surface area (Å²) in [6.45, 7) is 3.70. The van der Waals surface area contributed by atoms with Crippen LogP contribution in [0.5, 0.6) is 0 Å². The van der Waals surface area contributed by atoms with Crippen LogP contribution in [-0.4, -0.2) is 60.1 Å². The highest BCUT2D eigenvalue weighted by molar-refractivity contribution is 7.91. The molecule has 2 aliphatic rings. The third kappa shape index (κ3) is 4.10. The van der Waals surface area contributed by atoms with Gasteiger partial charge in [0.05, 0.1) is 34.6 Å². The van der Waals surface area contributed by atoms with Crippen LogP contribution in [0.25, 0.3) is 10.6 Å². The average Bonchev–Trinajstić information content (AvgIpc) is 3.35. The van der Waals surface area contributed by atoms with Crippen molar-refractivity contribution in [1.29, 1.82) is 0 Å². The Balaban J connectivity index is 1.37. The van der Waals surface area contributed by atoms with Gasteiger partial charge in [-0.2, -0.15) is 0 Å². The lowest BCUT2D eigenvalue weighted by Crippen LogP contribution is -2.32. The fraction of sp³-hybridized carbons (Fsp3) is 0.647. The van der Waals surface area contributed by atoms with E-state index in [0.717, 1.165) is 41.9 Å². The molecule has 2 aromatic heterocycles. The van der Waals surface area contributed by atoms with Gasteiger partial charge in [-0.15, -0.1) is 0 Å². The summed E-state index contributed by atoms with van der Waals surface area (Å²) in [4.78, 5) is 12.4. The van der Waals surface area contributed by atoms with E-state index in [1.165, 1.54) is 19.3 Å². The number of rotatable bonds is 6. The highest BCUT2D eigenvalue weighted by Gasteiger charge is 2.27. The second kappa shape index (κ2) is 7.66. The van der Waals surface area contributed by atoms with E-state index in [0.29, 0.717) is 12.2 Å². The number of imidazole rings is 1. The predicted molar refractivity (Wildman–Crippen MR) is 104 cm³/mol.